The molecular weight excluding hydrogens is 360 g/mol. The van der Waals surface area contributed by atoms with Crippen molar-refractivity contribution in [3.63, 3.8) is 0 Å². The zero-order valence-electron chi connectivity index (χ0n) is 13.6. The number of cyclic esters (lactones) is 1. The molecule has 0 aromatic heterocycles. The second-order valence-corrected chi connectivity index (χ2v) is 6.84. The summed E-state index contributed by atoms with van der Waals surface area (Å²) in [7, 11) is 0. The number of benzene rings is 2. The number of ether oxygens (including phenoxy) is 2. The largest absolute Gasteiger partial charge is 0.511 e. The number of hydrogen-bond acceptors (Lipinski definition) is 5. The molecule has 1 unspecified atom stereocenters. The molecule has 3 rings (SSSR count). The van der Waals surface area contributed by atoms with Crippen molar-refractivity contribution in [1.29, 1.82) is 0 Å². The van der Waals surface area contributed by atoms with Crippen molar-refractivity contribution in [2.45, 2.75) is 24.3 Å². The molecule has 0 saturated heterocycles. The second-order valence-electron chi connectivity index (χ2n) is 5.38. The molecule has 6 heteroatoms. The smallest absolute Gasteiger partial charge is 0.349 e. The first-order valence-electron chi connectivity index (χ1n) is 7.87. The highest BCUT2D eigenvalue weighted by atomic mass is 35.5. The molecule has 0 aliphatic carbocycles. The molecule has 130 valence electrons. The summed E-state index contributed by atoms with van der Waals surface area (Å²) < 4.78 is 11.1. The van der Waals surface area contributed by atoms with Crippen molar-refractivity contribution >= 4 is 29.3 Å². The Labute approximate surface area is 155 Å². The summed E-state index contributed by atoms with van der Waals surface area (Å²) in [6.45, 7) is 2.40. The van der Waals surface area contributed by atoms with Crippen molar-refractivity contribution in [3.05, 3.63) is 69.8 Å². The number of halogens is 1. The minimum Gasteiger partial charge on any atom is -0.511 e. The predicted octanol–water partition coefficient (Wildman–Crippen LogP) is 5.29. The van der Waals surface area contributed by atoms with Crippen molar-refractivity contribution in [2.24, 2.45) is 0 Å². The maximum Gasteiger partial charge on any atom is 0.349 e. The highest BCUT2D eigenvalue weighted by molar-refractivity contribution is 8.04. The van der Waals surface area contributed by atoms with Crippen LogP contribution in [0.5, 0.6) is 5.75 Å². The van der Waals surface area contributed by atoms with Gasteiger partial charge in [0.15, 0.2) is 0 Å². The van der Waals surface area contributed by atoms with Gasteiger partial charge in [-0.3, -0.25) is 0 Å². The van der Waals surface area contributed by atoms with Crippen LogP contribution < -0.4 is 4.74 Å². The minimum absolute atomic E-state index is 0.00234. The van der Waals surface area contributed by atoms with Crippen molar-refractivity contribution in [2.75, 3.05) is 6.61 Å². The lowest BCUT2D eigenvalue weighted by Gasteiger charge is -2.25. The fourth-order valence-corrected chi connectivity index (χ4v) is 3.67. The van der Waals surface area contributed by atoms with E-state index in [9.17, 15) is 9.90 Å². The first-order valence-corrected chi connectivity index (χ1v) is 9.06. The van der Waals surface area contributed by atoms with Gasteiger partial charge in [0, 0.05) is 16.9 Å². The van der Waals surface area contributed by atoms with Crippen LogP contribution in [-0.2, 0) is 9.53 Å². The summed E-state index contributed by atoms with van der Waals surface area (Å²) in [6.07, 6.45) is -0.381. The molecule has 1 N–H and O–H groups in total. The van der Waals surface area contributed by atoms with Crippen LogP contribution in [-0.4, -0.2) is 17.7 Å². The van der Waals surface area contributed by atoms with E-state index in [0.29, 0.717) is 22.3 Å². The van der Waals surface area contributed by atoms with Gasteiger partial charge in [-0.15, -0.1) is 0 Å². The molecule has 0 fully saturated rings. The van der Waals surface area contributed by atoms with E-state index in [0.717, 1.165) is 17.3 Å². The predicted molar refractivity (Wildman–Crippen MR) is 98.0 cm³/mol. The molecule has 0 amide bonds. The average molecular weight is 377 g/mol. The van der Waals surface area contributed by atoms with Gasteiger partial charge in [0.1, 0.15) is 22.5 Å². The molecule has 0 saturated carbocycles. The number of thioether (sulfide) groups is 1. The van der Waals surface area contributed by atoms with Crippen LogP contribution >= 0.6 is 23.4 Å². The normalized spacial score (nSPS) is 17.4. The number of aliphatic hydroxyl groups is 1. The molecule has 0 radical (unpaired) electrons. The number of para-hydroxylation sites is 1. The summed E-state index contributed by atoms with van der Waals surface area (Å²) in [6, 6.07) is 14.5. The van der Waals surface area contributed by atoms with E-state index in [1.165, 1.54) is 0 Å². The molecule has 4 nitrogen and oxygen atoms in total. The quantitative estimate of drug-likeness (QED) is 0.718. The summed E-state index contributed by atoms with van der Waals surface area (Å²) in [5, 5.41) is 10.9. The van der Waals surface area contributed by atoms with E-state index in [2.05, 4.69) is 0 Å². The van der Waals surface area contributed by atoms with Crippen molar-refractivity contribution in [3.8, 4) is 5.75 Å². The van der Waals surface area contributed by atoms with E-state index in [4.69, 9.17) is 21.1 Å². The fraction of sp³-hybridized carbons (Fsp3) is 0.211. The van der Waals surface area contributed by atoms with Crippen LogP contribution in [0.15, 0.2) is 64.1 Å². The third kappa shape index (κ3) is 3.94. The summed E-state index contributed by atoms with van der Waals surface area (Å²) in [4.78, 5) is 13.3. The number of hydrogen-bond donors (Lipinski definition) is 1. The number of aliphatic hydroxyl groups excluding tert-OH is 1. The first-order chi connectivity index (χ1) is 12.1. The Hall–Kier alpha value is -2.11. The standard InChI is InChI=1S/C19H17ClO4S/c1-2-23-15-9-5-3-7-12(15)16-11-14(21)18(19(22)24-16)25-17-10-6-4-8-13(17)20/h3-10,16,21H,2,11H2,1H3. The molecule has 0 spiro atoms. The lowest BCUT2D eigenvalue weighted by Crippen LogP contribution is -2.20. The maximum atomic E-state index is 12.4. The van der Waals surface area contributed by atoms with Crippen LogP contribution in [0.1, 0.15) is 25.0 Å². The lowest BCUT2D eigenvalue weighted by molar-refractivity contribution is -0.146. The Kier molecular flexibility index (Phi) is 5.56. The van der Waals surface area contributed by atoms with Crippen LogP contribution in [0.2, 0.25) is 5.02 Å². The fourth-order valence-electron chi connectivity index (χ4n) is 2.56. The molecule has 1 aliphatic rings. The van der Waals surface area contributed by atoms with Gasteiger partial charge in [-0.1, -0.05) is 53.7 Å². The molecule has 1 aliphatic heterocycles. The van der Waals surface area contributed by atoms with Gasteiger partial charge in [0.2, 0.25) is 0 Å². The Morgan fingerprint density at radius 3 is 2.68 bits per heavy atom. The van der Waals surface area contributed by atoms with Crippen LogP contribution in [0, 0.1) is 0 Å². The molecular formula is C19H17ClO4S. The van der Waals surface area contributed by atoms with Gasteiger partial charge in [-0.05, 0) is 25.1 Å². The minimum atomic E-state index is -0.578. The zero-order chi connectivity index (χ0) is 17.8. The topological polar surface area (TPSA) is 55.8 Å². The number of carbonyl (C=O) groups is 1. The number of esters is 1. The molecule has 2 aromatic rings. The first kappa shape index (κ1) is 17.7. The van der Waals surface area contributed by atoms with E-state index in [1.807, 2.05) is 37.3 Å². The Morgan fingerprint density at radius 1 is 1.24 bits per heavy atom. The summed E-state index contributed by atoms with van der Waals surface area (Å²) in [5.74, 6) is 0.0836. The monoisotopic (exact) mass is 376 g/mol. The van der Waals surface area contributed by atoms with Gasteiger partial charge in [0.25, 0.3) is 0 Å². The highest BCUT2D eigenvalue weighted by Gasteiger charge is 2.32. The van der Waals surface area contributed by atoms with Gasteiger partial charge in [-0.25, -0.2) is 4.79 Å². The summed E-state index contributed by atoms with van der Waals surface area (Å²) in [5.41, 5.74) is 0.742. The molecule has 25 heavy (non-hydrogen) atoms. The number of carbonyl (C=O) groups excluding carboxylic acids is 1. The van der Waals surface area contributed by atoms with Gasteiger partial charge in [0.05, 0.1) is 11.6 Å². The molecule has 1 heterocycles. The van der Waals surface area contributed by atoms with Gasteiger partial charge >= 0.3 is 5.97 Å². The molecule has 2 aromatic carbocycles. The van der Waals surface area contributed by atoms with E-state index in [-0.39, 0.29) is 17.1 Å². The van der Waals surface area contributed by atoms with Gasteiger partial charge < -0.3 is 14.6 Å². The van der Waals surface area contributed by atoms with Crippen LogP contribution in [0.4, 0.5) is 0 Å². The van der Waals surface area contributed by atoms with E-state index >= 15 is 0 Å². The molecule has 1 atom stereocenters. The Morgan fingerprint density at radius 2 is 1.96 bits per heavy atom. The lowest BCUT2D eigenvalue weighted by atomic mass is 10.0. The summed E-state index contributed by atoms with van der Waals surface area (Å²) >= 11 is 7.24. The number of rotatable bonds is 5. The average Bonchev–Trinajstić information content (AvgIpc) is 2.60. The van der Waals surface area contributed by atoms with Crippen molar-refractivity contribution < 1.29 is 19.4 Å². The third-order valence-corrected chi connectivity index (χ3v) is 5.31. The van der Waals surface area contributed by atoms with Gasteiger partial charge in [-0.2, -0.15) is 0 Å². The molecule has 0 bridgehead atoms. The van der Waals surface area contributed by atoms with Crippen LogP contribution in [0.3, 0.4) is 0 Å². The van der Waals surface area contributed by atoms with Crippen LogP contribution in [0.25, 0.3) is 0 Å². The zero-order valence-corrected chi connectivity index (χ0v) is 15.1. The maximum absolute atomic E-state index is 12.4. The SMILES string of the molecule is CCOc1ccccc1C1CC(O)=C(Sc2ccccc2Cl)C(=O)O1. The second kappa shape index (κ2) is 7.85. The Balaban J connectivity index is 1.86. The van der Waals surface area contributed by atoms with Crippen molar-refractivity contribution in [1.82, 2.24) is 0 Å². The van der Waals surface area contributed by atoms with E-state index < -0.39 is 12.1 Å². The highest BCUT2D eigenvalue weighted by Crippen LogP contribution is 2.42. The third-order valence-electron chi connectivity index (χ3n) is 3.69. The van der Waals surface area contributed by atoms with E-state index in [1.54, 1.807) is 18.2 Å². The Bertz CT molecular complexity index is 819.